The van der Waals surface area contributed by atoms with Crippen molar-refractivity contribution in [1.29, 1.82) is 0 Å². The molecule has 28 heavy (non-hydrogen) atoms. The molecule has 1 aromatic carbocycles. The fourth-order valence-electron chi connectivity index (χ4n) is 4.08. The molecule has 0 saturated heterocycles. The lowest BCUT2D eigenvalue weighted by atomic mass is 9.86. The number of carbonyl (C=O) groups is 2. The topological polar surface area (TPSA) is 65.1 Å². The summed E-state index contributed by atoms with van der Waals surface area (Å²) < 4.78 is 15.6. The van der Waals surface area contributed by atoms with Crippen LogP contribution in [0.25, 0.3) is 0 Å². The second-order valence-corrected chi connectivity index (χ2v) is 7.93. The lowest BCUT2D eigenvalue weighted by molar-refractivity contribution is -0.146. The van der Waals surface area contributed by atoms with Crippen LogP contribution in [0.5, 0.6) is 11.5 Å². The average Bonchev–Trinajstić information content (AvgIpc) is 3.19. The molecular weight excluding hydrogens is 358 g/mol. The van der Waals surface area contributed by atoms with Crippen LogP contribution in [-0.4, -0.2) is 37.2 Å². The number of fused-ring (bicyclic) bond motifs is 1. The van der Waals surface area contributed by atoms with Crippen LogP contribution in [0.4, 0.5) is 0 Å². The Labute approximate surface area is 167 Å². The number of amides is 1. The average molecular weight is 389 g/mol. The number of hydrogen-bond acceptors (Lipinski definition) is 5. The van der Waals surface area contributed by atoms with Crippen LogP contribution in [-0.2, 0) is 20.9 Å². The van der Waals surface area contributed by atoms with Crippen LogP contribution < -0.4 is 9.47 Å². The highest BCUT2D eigenvalue weighted by Crippen LogP contribution is 2.33. The molecule has 0 N–H and O–H groups in total. The molecule has 1 fully saturated rings. The molecule has 6 heteroatoms. The van der Waals surface area contributed by atoms with E-state index >= 15 is 0 Å². The third-order valence-electron chi connectivity index (χ3n) is 5.75. The van der Waals surface area contributed by atoms with Gasteiger partial charge in [-0.05, 0) is 30.0 Å². The first-order valence-electron chi connectivity index (χ1n) is 10.3. The number of rotatable bonds is 8. The molecule has 2 aliphatic rings. The van der Waals surface area contributed by atoms with Gasteiger partial charge in [0.2, 0.25) is 12.7 Å². The summed E-state index contributed by atoms with van der Waals surface area (Å²) in [5.41, 5.74) is 0.965. The molecule has 0 bridgehead atoms. The fraction of sp³-hybridized carbons (Fsp3) is 0.636. The molecule has 0 radical (unpaired) electrons. The summed E-state index contributed by atoms with van der Waals surface area (Å²) in [6, 6.07) is 5.72. The van der Waals surface area contributed by atoms with Gasteiger partial charge in [-0.1, -0.05) is 45.1 Å². The molecular formula is C22H31NO5. The highest BCUT2D eigenvalue weighted by Gasteiger charge is 2.24. The number of nitrogens with zero attached hydrogens (tertiary/aromatic N) is 1. The zero-order valence-corrected chi connectivity index (χ0v) is 16.9. The van der Waals surface area contributed by atoms with Crippen molar-refractivity contribution >= 4 is 11.9 Å². The van der Waals surface area contributed by atoms with Crippen molar-refractivity contribution < 1.29 is 23.8 Å². The molecule has 1 heterocycles. The quantitative estimate of drug-likeness (QED) is 0.631. The van der Waals surface area contributed by atoms with Gasteiger partial charge in [-0.25, -0.2) is 0 Å². The van der Waals surface area contributed by atoms with Crippen LogP contribution in [0.15, 0.2) is 18.2 Å². The van der Waals surface area contributed by atoms with Crippen LogP contribution in [0.3, 0.4) is 0 Å². The third kappa shape index (κ3) is 5.40. The Balaban J connectivity index is 1.64. The van der Waals surface area contributed by atoms with E-state index in [1.807, 2.05) is 18.2 Å². The highest BCUT2D eigenvalue weighted by molar-refractivity contribution is 5.78. The van der Waals surface area contributed by atoms with Gasteiger partial charge >= 0.3 is 5.97 Å². The Hall–Kier alpha value is -2.24. The molecule has 3 rings (SSSR count). The van der Waals surface area contributed by atoms with E-state index in [-0.39, 0.29) is 24.6 Å². The van der Waals surface area contributed by atoms with Gasteiger partial charge < -0.3 is 19.1 Å². The van der Waals surface area contributed by atoms with Crippen molar-refractivity contribution in [1.82, 2.24) is 4.90 Å². The molecule has 1 aliphatic carbocycles. The lowest BCUT2D eigenvalue weighted by Gasteiger charge is -2.27. The van der Waals surface area contributed by atoms with E-state index in [2.05, 4.69) is 0 Å². The second-order valence-electron chi connectivity index (χ2n) is 7.93. The van der Waals surface area contributed by atoms with Crippen molar-refractivity contribution in [3.05, 3.63) is 23.8 Å². The number of hydrogen-bond donors (Lipinski definition) is 0. The first-order chi connectivity index (χ1) is 13.6. The zero-order valence-electron chi connectivity index (χ0n) is 16.9. The molecule has 0 aromatic heterocycles. The molecule has 1 aromatic rings. The minimum absolute atomic E-state index is 0.0963. The van der Waals surface area contributed by atoms with E-state index in [1.54, 1.807) is 11.8 Å². The molecule has 0 spiro atoms. The first kappa shape index (κ1) is 20.5. The van der Waals surface area contributed by atoms with E-state index in [0.29, 0.717) is 31.2 Å². The highest BCUT2D eigenvalue weighted by atomic mass is 16.7. The maximum Gasteiger partial charge on any atom is 0.310 e. The Morgan fingerprint density at radius 1 is 1.18 bits per heavy atom. The summed E-state index contributed by atoms with van der Waals surface area (Å²) in [7, 11) is 1.38. The lowest BCUT2D eigenvalue weighted by Crippen LogP contribution is -2.37. The van der Waals surface area contributed by atoms with Gasteiger partial charge in [0.15, 0.2) is 11.5 Å². The first-order valence-corrected chi connectivity index (χ1v) is 10.3. The van der Waals surface area contributed by atoms with Gasteiger partial charge in [-0.2, -0.15) is 0 Å². The molecule has 1 aliphatic heterocycles. The summed E-state index contributed by atoms with van der Waals surface area (Å²) >= 11 is 0. The van der Waals surface area contributed by atoms with Crippen LogP contribution in [0, 0.1) is 11.8 Å². The maximum absolute atomic E-state index is 13.0. The van der Waals surface area contributed by atoms with Crippen LogP contribution >= 0.6 is 0 Å². The van der Waals surface area contributed by atoms with Crippen LogP contribution in [0.2, 0.25) is 0 Å². The van der Waals surface area contributed by atoms with Crippen LogP contribution in [0.1, 0.15) is 57.4 Å². The maximum atomic E-state index is 13.0. The predicted molar refractivity (Wildman–Crippen MR) is 105 cm³/mol. The van der Waals surface area contributed by atoms with E-state index in [9.17, 15) is 9.59 Å². The molecule has 1 saturated carbocycles. The Morgan fingerprint density at radius 2 is 1.93 bits per heavy atom. The smallest absolute Gasteiger partial charge is 0.310 e. The van der Waals surface area contributed by atoms with Gasteiger partial charge in [0.1, 0.15) is 0 Å². The normalized spacial score (nSPS) is 17.2. The molecule has 1 amide bonds. The summed E-state index contributed by atoms with van der Waals surface area (Å²) in [4.78, 5) is 26.7. The Morgan fingerprint density at radius 3 is 2.68 bits per heavy atom. The number of ether oxygens (including phenoxy) is 3. The van der Waals surface area contributed by atoms with Crippen molar-refractivity contribution in [3.63, 3.8) is 0 Å². The van der Waals surface area contributed by atoms with Crippen molar-refractivity contribution in [2.45, 2.75) is 58.4 Å². The minimum atomic E-state index is -0.363. The predicted octanol–water partition coefficient (Wildman–Crippen LogP) is 3.91. The largest absolute Gasteiger partial charge is 0.469 e. The van der Waals surface area contributed by atoms with Gasteiger partial charge in [-0.3, -0.25) is 9.59 Å². The van der Waals surface area contributed by atoms with E-state index in [1.165, 1.54) is 39.2 Å². The van der Waals surface area contributed by atoms with E-state index < -0.39 is 0 Å². The van der Waals surface area contributed by atoms with Gasteiger partial charge in [0.25, 0.3) is 0 Å². The molecule has 154 valence electrons. The molecule has 1 atom stereocenters. The second kappa shape index (κ2) is 9.80. The SMILES string of the molecule is COC(=O)C(C)CN(Cc1ccc2c(c1)OCO2)C(=O)CCC1CCCCC1. The zero-order chi connectivity index (χ0) is 19.9. The number of esters is 1. The van der Waals surface area contributed by atoms with Gasteiger partial charge in [-0.15, -0.1) is 0 Å². The van der Waals surface area contributed by atoms with Crippen molar-refractivity contribution in [3.8, 4) is 11.5 Å². The standard InChI is InChI=1S/C22H31NO5/c1-16(22(25)26-2)13-23(21(24)11-9-17-6-4-3-5-7-17)14-18-8-10-19-20(12-18)28-15-27-19/h8,10,12,16-17H,3-7,9,11,13-15H2,1-2H3. The fourth-order valence-corrected chi connectivity index (χ4v) is 4.08. The number of benzene rings is 1. The number of carbonyl (C=O) groups excluding carboxylic acids is 2. The van der Waals surface area contributed by atoms with Gasteiger partial charge in [0.05, 0.1) is 13.0 Å². The summed E-state index contributed by atoms with van der Waals surface area (Å²) in [6.07, 6.45) is 7.80. The van der Waals surface area contributed by atoms with E-state index in [0.717, 1.165) is 17.7 Å². The summed E-state index contributed by atoms with van der Waals surface area (Å²) in [6.45, 7) is 2.82. The summed E-state index contributed by atoms with van der Waals surface area (Å²) in [5, 5.41) is 0. The van der Waals surface area contributed by atoms with Crippen molar-refractivity contribution in [2.24, 2.45) is 11.8 Å². The van der Waals surface area contributed by atoms with Crippen molar-refractivity contribution in [2.75, 3.05) is 20.4 Å². The molecule has 6 nitrogen and oxygen atoms in total. The van der Waals surface area contributed by atoms with Gasteiger partial charge in [0, 0.05) is 19.5 Å². The number of methoxy groups -OCH3 is 1. The minimum Gasteiger partial charge on any atom is -0.469 e. The van der Waals surface area contributed by atoms with E-state index in [4.69, 9.17) is 14.2 Å². The third-order valence-corrected chi connectivity index (χ3v) is 5.75. The summed E-state index contributed by atoms with van der Waals surface area (Å²) in [5.74, 6) is 1.52. The Bertz CT molecular complexity index is 684. The monoisotopic (exact) mass is 389 g/mol. The Kier molecular flexibility index (Phi) is 7.18. The molecule has 1 unspecified atom stereocenters.